The first-order valence-electron chi connectivity index (χ1n) is 7.72. The lowest BCUT2D eigenvalue weighted by molar-refractivity contribution is -0.115. The number of benzene rings is 3. The standard InChI is InChI=1S/C20H13BrN2OS/c21-15-8-10-16(11-9-15)22-20-23-19(24)18(25-20)12-14-6-3-5-13-4-1-2-7-17(13)14/h1-12H,(H,22,23,24)/b18-12+. The fraction of sp³-hybridized carbons (Fsp3) is 0. The highest BCUT2D eigenvalue weighted by Crippen LogP contribution is 2.30. The molecule has 0 saturated carbocycles. The number of halogens is 1. The average Bonchev–Trinajstić information content (AvgIpc) is 2.96. The molecule has 1 aliphatic rings. The van der Waals surface area contributed by atoms with Crippen LogP contribution in [0, 0.1) is 0 Å². The molecule has 122 valence electrons. The van der Waals surface area contributed by atoms with Gasteiger partial charge in [-0.3, -0.25) is 4.79 Å². The van der Waals surface area contributed by atoms with Gasteiger partial charge < -0.3 is 5.32 Å². The van der Waals surface area contributed by atoms with Crippen molar-refractivity contribution in [1.29, 1.82) is 0 Å². The molecule has 0 aromatic heterocycles. The molecule has 25 heavy (non-hydrogen) atoms. The lowest BCUT2D eigenvalue weighted by Crippen LogP contribution is -2.19. The van der Waals surface area contributed by atoms with Crippen LogP contribution in [0.5, 0.6) is 0 Å². The van der Waals surface area contributed by atoms with Gasteiger partial charge in [-0.2, -0.15) is 0 Å². The molecule has 3 aromatic rings. The summed E-state index contributed by atoms with van der Waals surface area (Å²) in [6.45, 7) is 0. The summed E-state index contributed by atoms with van der Waals surface area (Å²) in [6, 6.07) is 21.9. The second-order valence-electron chi connectivity index (χ2n) is 5.53. The lowest BCUT2D eigenvalue weighted by atomic mass is 10.0. The van der Waals surface area contributed by atoms with Gasteiger partial charge in [0.15, 0.2) is 5.17 Å². The van der Waals surface area contributed by atoms with Crippen LogP contribution in [0.15, 0.2) is 81.1 Å². The Morgan fingerprint density at radius 2 is 1.72 bits per heavy atom. The van der Waals surface area contributed by atoms with Gasteiger partial charge in [-0.25, -0.2) is 4.99 Å². The van der Waals surface area contributed by atoms with E-state index in [4.69, 9.17) is 0 Å². The van der Waals surface area contributed by atoms with Gasteiger partial charge in [0.2, 0.25) is 0 Å². The van der Waals surface area contributed by atoms with Crippen LogP contribution in [0.25, 0.3) is 16.8 Å². The maximum absolute atomic E-state index is 12.3. The Bertz CT molecular complexity index is 1020. The molecule has 0 aliphatic carbocycles. The molecule has 0 atom stereocenters. The fourth-order valence-corrected chi connectivity index (χ4v) is 3.73. The molecule has 0 spiro atoms. The quantitative estimate of drug-likeness (QED) is 0.569. The number of hydrogen-bond acceptors (Lipinski definition) is 3. The first-order valence-corrected chi connectivity index (χ1v) is 9.33. The summed E-state index contributed by atoms with van der Waals surface area (Å²) >= 11 is 4.76. The Hall–Kier alpha value is -2.37. The van der Waals surface area contributed by atoms with Gasteiger partial charge in [-0.1, -0.05) is 58.4 Å². The summed E-state index contributed by atoms with van der Waals surface area (Å²) in [4.78, 5) is 17.4. The maximum atomic E-state index is 12.3. The summed E-state index contributed by atoms with van der Waals surface area (Å²) in [5.41, 5.74) is 1.83. The second kappa shape index (κ2) is 6.86. The molecular formula is C20H13BrN2OS. The summed E-state index contributed by atoms with van der Waals surface area (Å²) in [5.74, 6) is -0.117. The topological polar surface area (TPSA) is 41.5 Å². The van der Waals surface area contributed by atoms with E-state index in [9.17, 15) is 4.79 Å². The molecule has 0 radical (unpaired) electrons. The van der Waals surface area contributed by atoms with E-state index in [0.29, 0.717) is 10.1 Å². The largest absolute Gasteiger partial charge is 0.300 e. The van der Waals surface area contributed by atoms with Gasteiger partial charge in [-0.15, -0.1) is 0 Å². The highest BCUT2D eigenvalue weighted by Gasteiger charge is 2.24. The fourth-order valence-electron chi connectivity index (χ4n) is 2.63. The van der Waals surface area contributed by atoms with Crippen LogP contribution in [0.3, 0.4) is 0 Å². The molecule has 3 aromatic carbocycles. The SMILES string of the molecule is O=C1NC(=Nc2ccc(Br)cc2)S/C1=C/c1cccc2ccccc12. The number of aliphatic imine (C=N–C) groups is 1. The molecular weight excluding hydrogens is 396 g/mol. The van der Waals surface area contributed by atoms with Crippen molar-refractivity contribution in [2.75, 3.05) is 0 Å². The van der Waals surface area contributed by atoms with Gasteiger partial charge >= 0.3 is 0 Å². The number of thioether (sulfide) groups is 1. The number of amides is 1. The zero-order valence-electron chi connectivity index (χ0n) is 13.1. The Labute approximate surface area is 158 Å². The normalized spacial score (nSPS) is 17.4. The Balaban J connectivity index is 1.66. The number of carbonyl (C=O) groups is 1. The molecule has 1 saturated heterocycles. The van der Waals surface area contributed by atoms with Crippen LogP contribution in [-0.4, -0.2) is 11.1 Å². The number of nitrogens with zero attached hydrogens (tertiary/aromatic N) is 1. The smallest absolute Gasteiger partial charge is 0.264 e. The number of nitrogens with one attached hydrogen (secondary N) is 1. The zero-order chi connectivity index (χ0) is 17.2. The van der Waals surface area contributed by atoms with Gasteiger partial charge in [-0.05, 0) is 58.4 Å². The molecule has 0 bridgehead atoms. The summed E-state index contributed by atoms with van der Waals surface area (Å²) in [6.07, 6.45) is 1.92. The van der Waals surface area contributed by atoms with Crippen LogP contribution in [0.4, 0.5) is 5.69 Å². The van der Waals surface area contributed by atoms with E-state index in [0.717, 1.165) is 26.5 Å². The highest BCUT2D eigenvalue weighted by molar-refractivity contribution is 9.10. The average molecular weight is 409 g/mol. The molecule has 1 amide bonds. The van der Waals surface area contributed by atoms with E-state index in [1.165, 1.54) is 11.8 Å². The maximum Gasteiger partial charge on any atom is 0.264 e. The van der Waals surface area contributed by atoms with Crippen molar-refractivity contribution in [1.82, 2.24) is 5.32 Å². The Morgan fingerprint density at radius 3 is 2.56 bits per heavy atom. The highest BCUT2D eigenvalue weighted by atomic mass is 79.9. The van der Waals surface area contributed by atoms with Gasteiger partial charge in [0.25, 0.3) is 5.91 Å². The first-order chi connectivity index (χ1) is 12.2. The summed E-state index contributed by atoms with van der Waals surface area (Å²) < 4.78 is 0.996. The van der Waals surface area contributed by atoms with E-state index in [-0.39, 0.29) is 5.91 Å². The minimum Gasteiger partial charge on any atom is -0.300 e. The van der Waals surface area contributed by atoms with Crippen molar-refractivity contribution in [3.63, 3.8) is 0 Å². The van der Waals surface area contributed by atoms with Gasteiger partial charge in [0.1, 0.15) is 0 Å². The van der Waals surface area contributed by atoms with Crippen LogP contribution >= 0.6 is 27.7 Å². The third-order valence-corrected chi connectivity index (χ3v) is 5.26. The molecule has 1 fully saturated rings. The number of fused-ring (bicyclic) bond motifs is 1. The van der Waals surface area contributed by atoms with Crippen molar-refractivity contribution < 1.29 is 4.79 Å². The van der Waals surface area contributed by atoms with E-state index in [1.807, 2.05) is 54.6 Å². The lowest BCUT2D eigenvalue weighted by Gasteiger charge is -2.02. The molecule has 1 heterocycles. The minimum absolute atomic E-state index is 0.117. The van der Waals surface area contributed by atoms with E-state index in [1.54, 1.807) is 0 Å². The van der Waals surface area contributed by atoms with Crippen LogP contribution in [-0.2, 0) is 4.79 Å². The molecule has 1 N–H and O–H groups in total. The van der Waals surface area contributed by atoms with Crippen LogP contribution in [0.1, 0.15) is 5.56 Å². The predicted molar refractivity (Wildman–Crippen MR) is 109 cm³/mol. The Morgan fingerprint density at radius 1 is 0.960 bits per heavy atom. The molecule has 4 rings (SSSR count). The van der Waals surface area contributed by atoms with Crippen molar-refractivity contribution in [2.45, 2.75) is 0 Å². The van der Waals surface area contributed by atoms with E-state index < -0.39 is 0 Å². The van der Waals surface area contributed by atoms with Gasteiger partial charge in [0, 0.05) is 4.47 Å². The third-order valence-electron chi connectivity index (χ3n) is 3.82. The number of hydrogen-bond donors (Lipinski definition) is 1. The van der Waals surface area contributed by atoms with Crippen molar-refractivity contribution in [3.05, 3.63) is 81.7 Å². The molecule has 3 nitrogen and oxygen atoms in total. The van der Waals surface area contributed by atoms with Crippen LogP contribution in [0.2, 0.25) is 0 Å². The summed E-state index contributed by atoms with van der Waals surface area (Å²) in [7, 11) is 0. The van der Waals surface area contributed by atoms with Crippen LogP contribution < -0.4 is 5.32 Å². The number of carbonyl (C=O) groups excluding carboxylic acids is 1. The minimum atomic E-state index is -0.117. The zero-order valence-corrected chi connectivity index (χ0v) is 15.5. The molecule has 0 unspecified atom stereocenters. The monoisotopic (exact) mass is 408 g/mol. The number of rotatable bonds is 2. The predicted octanol–water partition coefficient (Wildman–Crippen LogP) is 5.49. The van der Waals surface area contributed by atoms with Crippen molar-refractivity contribution in [2.24, 2.45) is 4.99 Å². The van der Waals surface area contributed by atoms with Gasteiger partial charge in [0.05, 0.1) is 10.6 Å². The van der Waals surface area contributed by atoms with E-state index in [2.05, 4.69) is 44.4 Å². The molecule has 5 heteroatoms. The first kappa shape index (κ1) is 16.1. The van der Waals surface area contributed by atoms with Crippen molar-refractivity contribution in [3.8, 4) is 0 Å². The number of amidine groups is 1. The summed E-state index contributed by atoms with van der Waals surface area (Å²) in [5, 5.41) is 5.71. The van der Waals surface area contributed by atoms with E-state index >= 15 is 0 Å². The van der Waals surface area contributed by atoms with Crippen molar-refractivity contribution >= 4 is 61.3 Å². The molecule has 1 aliphatic heterocycles. The Kier molecular flexibility index (Phi) is 4.42. The second-order valence-corrected chi connectivity index (χ2v) is 7.47. The third kappa shape index (κ3) is 3.52.